The number of aromatic nitrogens is 3. The quantitative estimate of drug-likeness (QED) is 0.338. The van der Waals surface area contributed by atoms with Gasteiger partial charge in [0.15, 0.2) is 10.9 Å². The number of anilines is 1. The molecule has 0 aliphatic carbocycles. The lowest BCUT2D eigenvalue weighted by molar-refractivity contribution is 0.101. The number of hydrogen-bond donors (Lipinski definition) is 1. The molecule has 0 unspecified atom stereocenters. The first-order valence-corrected chi connectivity index (χ1v) is 10.7. The van der Waals surface area contributed by atoms with Crippen LogP contribution in [0.15, 0.2) is 90.3 Å². The topological polar surface area (TPSA) is 76.9 Å². The molecule has 0 atom stereocenters. The molecule has 0 fully saturated rings. The summed E-state index contributed by atoms with van der Waals surface area (Å²) in [6, 6.07) is 23.8. The van der Waals surface area contributed by atoms with Gasteiger partial charge in [-0.25, -0.2) is 0 Å². The molecule has 4 aromatic rings. The molecule has 154 valence electrons. The fourth-order valence-electron chi connectivity index (χ4n) is 3.07. The Morgan fingerprint density at radius 3 is 2.35 bits per heavy atom. The highest BCUT2D eigenvalue weighted by molar-refractivity contribution is 7.99. The monoisotopic (exact) mass is 428 g/mol. The van der Waals surface area contributed by atoms with E-state index in [1.54, 1.807) is 42.7 Å². The van der Waals surface area contributed by atoms with Crippen LogP contribution in [-0.2, 0) is 0 Å². The summed E-state index contributed by atoms with van der Waals surface area (Å²) in [7, 11) is 0. The van der Waals surface area contributed by atoms with Gasteiger partial charge in [-0.05, 0) is 55.0 Å². The molecule has 1 N–H and O–H groups in total. The lowest BCUT2D eigenvalue weighted by Crippen LogP contribution is -2.12. The van der Waals surface area contributed by atoms with Gasteiger partial charge in [0.2, 0.25) is 0 Å². The lowest BCUT2D eigenvalue weighted by Gasteiger charge is -2.09. The van der Waals surface area contributed by atoms with Crippen molar-refractivity contribution in [2.24, 2.45) is 0 Å². The van der Waals surface area contributed by atoms with Crippen molar-refractivity contribution in [3.63, 3.8) is 0 Å². The molecule has 6 nitrogen and oxygen atoms in total. The summed E-state index contributed by atoms with van der Waals surface area (Å²) in [5.41, 5.74) is 3.88. The molecular formula is C24H20N4O2S. The number of carbonyl (C=O) groups is 2. The molecule has 0 saturated heterocycles. The molecule has 4 rings (SSSR count). The van der Waals surface area contributed by atoms with Crippen molar-refractivity contribution < 1.29 is 9.59 Å². The Morgan fingerprint density at radius 1 is 0.903 bits per heavy atom. The average molecular weight is 429 g/mol. The van der Waals surface area contributed by atoms with Gasteiger partial charge in [-0.1, -0.05) is 48.2 Å². The first kappa shape index (κ1) is 20.6. The summed E-state index contributed by atoms with van der Waals surface area (Å²) in [6.07, 6.45) is 1.65. The highest BCUT2D eigenvalue weighted by atomic mass is 32.2. The van der Waals surface area contributed by atoms with Crippen LogP contribution in [0.1, 0.15) is 26.3 Å². The molecule has 31 heavy (non-hydrogen) atoms. The van der Waals surface area contributed by atoms with Crippen LogP contribution in [0.2, 0.25) is 0 Å². The van der Waals surface area contributed by atoms with Crippen molar-refractivity contribution >= 4 is 29.1 Å². The molecule has 0 aliphatic rings. The van der Waals surface area contributed by atoms with E-state index in [-0.39, 0.29) is 17.4 Å². The molecule has 7 heteroatoms. The van der Waals surface area contributed by atoms with Gasteiger partial charge in [-0.2, -0.15) is 0 Å². The number of hydrogen-bond acceptors (Lipinski definition) is 5. The molecule has 0 radical (unpaired) electrons. The molecule has 1 amide bonds. The first-order chi connectivity index (χ1) is 15.1. The molecular weight excluding hydrogens is 408 g/mol. The van der Waals surface area contributed by atoms with E-state index in [1.165, 1.54) is 11.8 Å². The van der Waals surface area contributed by atoms with E-state index in [2.05, 4.69) is 15.5 Å². The van der Waals surface area contributed by atoms with E-state index < -0.39 is 0 Å². The van der Waals surface area contributed by atoms with Crippen molar-refractivity contribution in [1.82, 2.24) is 14.8 Å². The highest BCUT2D eigenvalue weighted by Gasteiger charge is 2.13. The van der Waals surface area contributed by atoms with Crippen LogP contribution >= 0.6 is 11.8 Å². The molecule has 0 bridgehead atoms. The van der Waals surface area contributed by atoms with E-state index in [0.717, 1.165) is 11.3 Å². The molecule has 3 aromatic carbocycles. The summed E-state index contributed by atoms with van der Waals surface area (Å²) >= 11 is 1.34. The third-order valence-electron chi connectivity index (χ3n) is 4.72. The maximum absolute atomic E-state index is 12.6. The fourth-order valence-corrected chi connectivity index (χ4v) is 3.88. The smallest absolute Gasteiger partial charge is 0.255 e. The SMILES string of the molecule is Cc1ccccc1-n1cnnc1SCC(=O)c1ccc(NC(=O)c2ccccc2)cc1. The summed E-state index contributed by atoms with van der Waals surface area (Å²) in [5.74, 6) is 0.0244. The Balaban J connectivity index is 1.39. The Labute approximate surface area is 184 Å². The Morgan fingerprint density at radius 2 is 1.61 bits per heavy atom. The van der Waals surface area contributed by atoms with Gasteiger partial charge in [-0.15, -0.1) is 10.2 Å². The minimum absolute atomic E-state index is 0.0229. The zero-order chi connectivity index (χ0) is 21.6. The van der Waals surface area contributed by atoms with Crippen LogP contribution in [0.25, 0.3) is 5.69 Å². The van der Waals surface area contributed by atoms with E-state index in [4.69, 9.17) is 0 Å². The van der Waals surface area contributed by atoms with Crippen molar-refractivity contribution in [3.8, 4) is 5.69 Å². The molecule has 1 aromatic heterocycles. The highest BCUT2D eigenvalue weighted by Crippen LogP contribution is 2.23. The van der Waals surface area contributed by atoms with Crippen LogP contribution in [0.3, 0.4) is 0 Å². The van der Waals surface area contributed by atoms with Gasteiger partial charge in [0.1, 0.15) is 6.33 Å². The number of nitrogens with zero attached hydrogens (tertiary/aromatic N) is 3. The van der Waals surface area contributed by atoms with Gasteiger partial charge in [0, 0.05) is 16.8 Å². The number of amides is 1. The molecule has 0 spiro atoms. The number of para-hydroxylation sites is 1. The number of ketones is 1. The lowest BCUT2D eigenvalue weighted by atomic mass is 10.1. The minimum atomic E-state index is -0.189. The van der Waals surface area contributed by atoms with E-state index in [1.807, 2.05) is 54.0 Å². The standard InChI is InChI=1S/C24H20N4O2S/c1-17-7-5-6-10-21(17)28-16-25-27-24(28)31-15-22(29)18-11-13-20(14-12-18)26-23(30)19-8-3-2-4-9-19/h2-14,16H,15H2,1H3,(H,26,30). The number of carbonyl (C=O) groups excluding carboxylic acids is 2. The first-order valence-electron chi connectivity index (χ1n) is 9.70. The van der Waals surface area contributed by atoms with Gasteiger partial charge in [-0.3, -0.25) is 14.2 Å². The zero-order valence-electron chi connectivity index (χ0n) is 16.9. The number of thioether (sulfide) groups is 1. The van der Waals surface area contributed by atoms with Gasteiger partial charge < -0.3 is 5.32 Å². The van der Waals surface area contributed by atoms with Crippen LogP contribution in [-0.4, -0.2) is 32.2 Å². The Hall–Kier alpha value is -3.71. The van der Waals surface area contributed by atoms with Crippen LogP contribution in [0.5, 0.6) is 0 Å². The number of benzene rings is 3. The summed E-state index contributed by atoms with van der Waals surface area (Å²) < 4.78 is 1.88. The maximum Gasteiger partial charge on any atom is 0.255 e. The normalized spacial score (nSPS) is 10.6. The maximum atomic E-state index is 12.6. The summed E-state index contributed by atoms with van der Waals surface area (Å²) in [4.78, 5) is 24.9. The number of aryl methyl sites for hydroxylation is 1. The second kappa shape index (κ2) is 9.40. The van der Waals surface area contributed by atoms with Crippen molar-refractivity contribution in [3.05, 3.63) is 102 Å². The number of rotatable bonds is 7. The van der Waals surface area contributed by atoms with Gasteiger partial charge in [0.25, 0.3) is 5.91 Å². The Bertz CT molecular complexity index is 1200. The van der Waals surface area contributed by atoms with E-state index in [0.29, 0.717) is 22.0 Å². The third-order valence-corrected chi connectivity index (χ3v) is 5.67. The van der Waals surface area contributed by atoms with Gasteiger partial charge in [0.05, 0.1) is 11.4 Å². The average Bonchev–Trinajstić information content (AvgIpc) is 3.27. The van der Waals surface area contributed by atoms with Crippen LogP contribution in [0.4, 0.5) is 5.69 Å². The fraction of sp³-hybridized carbons (Fsp3) is 0.0833. The van der Waals surface area contributed by atoms with Crippen molar-refractivity contribution in [2.75, 3.05) is 11.1 Å². The number of Topliss-reactive ketones (excluding diaryl/α,β-unsaturated/α-hetero) is 1. The molecule has 1 heterocycles. The number of nitrogens with one attached hydrogen (secondary N) is 1. The summed E-state index contributed by atoms with van der Waals surface area (Å²) in [6.45, 7) is 2.02. The summed E-state index contributed by atoms with van der Waals surface area (Å²) in [5, 5.41) is 11.6. The molecule has 0 aliphatic heterocycles. The second-order valence-corrected chi connectivity index (χ2v) is 7.82. The molecule has 0 saturated carbocycles. The minimum Gasteiger partial charge on any atom is -0.322 e. The predicted molar refractivity (Wildman–Crippen MR) is 122 cm³/mol. The van der Waals surface area contributed by atoms with Crippen LogP contribution in [0, 0.1) is 6.92 Å². The third kappa shape index (κ3) is 4.90. The van der Waals surface area contributed by atoms with Crippen LogP contribution < -0.4 is 5.32 Å². The van der Waals surface area contributed by atoms with E-state index >= 15 is 0 Å². The van der Waals surface area contributed by atoms with Gasteiger partial charge >= 0.3 is 0 Å². The zero-order valence-corrected chi connectivity index (χ0v) is 17.7. The second-order valence-electron chi connectivity index (χ2n) is 6.88. The largest absolute Gasteiger partial charge is 0.322 e. The van der Waals surface area contributed by atoms with E-state index in [9.17, 15) is 9.59 Å². The Kier molecular flexibility index (Phi) is 6.24. The predicted octanol–water partition coefficient (Wildman–Crippen LogP) is 4.80. The van der Waals surface area contributed by atoms with Crippen molar-refractivity contribution in [2.45, 2.75) is 12.1 Å². The van der Waals surface area contributed by atoms with Crippen molar-refractivity contribution in [1.29, 1.82) is 0 Å².